The molecule has 0 radical (unpaired) electrons. The molecule has 1 fully saturated rings. The third kappa shape index (κ3) is 4.55. The van der Waals surface area contributed by atoms with Crippen LogP contribution in [-0.4, -0.2) is 43.1 Å². The lowest BCUT2D eigenvalue weighted by atomic mass is 9.86. The van der Waals surface area contributed by atoms with Crippen LogP contribution in [0.25, 0.3) is 0 Å². The van der Waals surface area contributed by atoms with E-state index in [4.69, 9.17) is 9.47 Å². The maximum absolute atomic E-state index is 12.7. The molecule has 1 aliphatic rings. The average Bonchev–Trinajstić information content (AvgIpc) is 2.52. The van der Waals surface area contributed by atoms with Crippen molar-refractivity contribution in [1.82, 2.24) is 4.90 Å². The van der Waals surface area contributed by atoms with Gasteiger partial charge in [0.2, 0.25) is 6.10 Å². The van der Waals surface area contributed by atoms with Gasteiger partial charge in [0.15, 0.2) is 0 Å². The van der Waals surface area contributed by atoms with Crippen LogP contribution in [0.4, 0.5) is 0 Å². The first-order chi connectivity index (χ1) is 10.8. The summed E-state index contributed by atoms with van der Waals surface area (Å²) in [5.74, 6) is -0.650. The monoisotopic (exact) mass is 319 g/mol. The standard InChI is InChI=1S/C18H25NO4/c1-13(20)23-16(17(21)19-9-11-22-12-10-19)14-5-7-15(8-6-14)18(2,3)4/h5-8,16H,9-12H2,1-4H3. The third-order valence-corrected chi connectivity index (χ3v) is 3.91. The number of esters is 1. The number of benzene rings is 1. The normalized spacial score (nSPS) is 16.8. The van der Waals surface area contributed by atoms with Crippen LogP contribution in [0.3, 0.4) is 0 Å². The second-order valence-electron chi connectivity index (χ2n) is 6.80. The van der Waals surface area contributed by atoms with Crippen LogP contribution in [0, 0.1) is 0 Å². The highest BCUT2D eigenvalue weighted by molar-refractivity contribution is 5.84. The van der Waals surface area contributed by atoms with Gasteiger partial charge in [0.25, 0.3) is 5.91 Å². The number of hydrogen-bond donors (Lipinski definition) is 0. The summed E-state index contributed by atoms with van der Waals surface area (Å²) < 4.78 is 10.6. The minimum Gasteiger partial charge on any atom is -0.447 e. The molecule has 126 valence electrons. The average molecular weight is 319 g/mol. The van der Waals surface area contributed by atoms with Gasteiger partial charge >= 0.3 is 5.97 Å². The molecule has 0 spiro atoms. The Morgan fingerprint density at radius 2 is 1.70 bits per heavy atom. The van der Waals surface area contributed by atoms with Gasteiger partial charge in [-0.25, -0.2) is 0 Å². The molecule has 0 aliphatic carbocycles. The molecule has 1 saturated heterocycles. The first-order valence-corrected chi connectivity index (χ1v) is 7.93. The molecule has 1 aromatic carbocycles. The van der Waals surface area contributed by atoms with Crippen LogP contribution in [0.15, 0.2) is 24.3 Å². The highest BCUT2D eigenvalue weighted by Gasteiger charge is 2.30. The highest BCUT2D eigenvalue weighted by Crippen LogP contribution is 2.26. The molecule has 1 atom stereocenters. The van der Waals surface area contributed by atoms with E-state index >= 15 is 0 Å². The maximum atomic E-state index is 12.7. The molecule has 1 heterocycles. The molecule has 0 bridgehead atoms. The zero-order chi connectivity index (χ0) is 17.0. The van der Waals surface area contributed by atoms with E-state index in [1.807, 2.05) is 24.3 Å². The van der Waals surface area contributed by atoms with Crippen molar-refractivity contribution in [1.29, 1.82) is 0 Å². The lowest BCUT2D eigenvalue weighted by Gasteiger charge is -2.30. The van der Waals surface area contributed by atoms with E-state index in [0.29, 0.717) is 31.9 Å². The minimum atomic E-state index is -0.889. The lowest BCUT2D eigenvalue weighted by molar-refractivity contribution is -0.161. The van der Waals surface area contributed by atoms with Crippen molar-refractivity contribution in [2.24, 2.45) is 0 Å². The van der Waals surface area contributed by atoms with Crippen LogP contribution >= 0.6 is 0 Å². The predicted octanol–water partition coefficient (Wildman–Crippen LogP) is 2.45. The van der Waals surface area contributed by atoms with Crippen molar-refractivity contribution in [3.8, 4) is 0 Å². The van der Waals surface area contributed by atoms with Gasteiger partial charge in [-0.05, 0) is 11.0 Å². The number of carbonyl (C=O) groups is 2. The predicted molar refractivity (Wildman–Crippen MR) is 87.0 cm³/mol. The number of amides is 1. The van der Waals surface area contributed by atoms with Crippen molar-refractivity contribution in [3.63, 3.8) is 0 Å². The third-order valence-electron chi connectivity index (χ3n) is 3.91. The Morgan fingerprint density at radius 1 is 1.13 bits per heavy atom. The van der Waals surface area contributed by atoms with Gasteiger partial charge in [0, 0.05) is 25.6 Å². The summed E-state index contributed by atoms with van der Waals surface area (Å²) in [5, 5.41) is 0. The second kappa shape index (κ2) is 7.13. The molecular formula is C18H25NO4. The quantitative estimate of drug-likeness (QED) is 0.803. The van der Waals surface area contributed by atoms with Crippen LogP contribution in [0.2, 0.25) is 0 Å². The molecule has 2 rings (SSSR count). The van der Waals surface area contributed by atoms with E-state index in [0.717, 1.165) is 0 Å². The Morgan fingerprint density at radius 3 is 2.17 bits per heavy atom. The molecule has 5 nitrogen and oxygen atoms in total. The van der Waals surface area contributed by atoms with Crippen LogP contribution in [-0.2, 0) is 24.5 Å². The molecule has 1 aliphatic heterocycles. The van der Waals surface area contributed by atoms with E-state index < -0.39 is 12.1 Å². The van der Waals surface area contributed by atoms with Gasteiger partial charge in [-0.15, -0.1) is 0 Å². The molecule has 1 amide bonds. The summed E-state index contributed by atoms with van der Waals surface area (Å²) in [6.45, 7) is 9.79. The fraction of sp³-hybridized carbons (Fsp3) is 0.556. The summed E-state index contributed by atoms with van der Waals surface area (Å²) >= 11 is 0. The summed E-state index contributed by atoms with van der Waals surface area (Å²) in [7, 11) is 0. The van der Waals surface area contributed by atoms with E-state index in [2.05, 4.69) is 20.8 Å². The molecular weight excluding hydrogens is 294 g/mol. The Kier molecular flexibility index (Phi) is 5.42. The van der Waals surface area contributed by atoms with Crippen LogP contribution < -0.4 is 0 Å². The van der Waals surface area contributed by atoms with Crippen LogP contribution in [0.1, 0.15) is 44.9 Å². The summed E-state index contributed by atoms with van der Waals surface area (Å²) in [5.41, 5.74) is 1.90. The van der Waals surface area contributed by atoms with Crippen molar-refractivity contribution in [2.75, 3.05) is 26.3 Å². The van der Waals surface area contributed by atoms with E-state index in [1.165, 1.54) is 12.5 Å². The van der Waals surface area contributed by atoms with Crippen molar-refractivity contribution < 1.29 is 19.1 Å². The largest absolute Gasteiger partial charge is 0.447 e. The maximum Gasteiger partial charge on any atom is 0.303 e. The van der Waals surface area contributed by atoms with Gasteiger partial charge in [-0.2, -0.15) is 0 Å². The molecule has 0 saturated carbocycles. The molecule has 23 heavy (non-hydrogen) atoms. The lowest BCUT2D eigenvalue weighted by Crippen LogP contribution is -2.43. The zero-order valence-corrected chi connectivity index (χ0v) is 14.3. The Hall–Kier alpha value is -1.88. The summed E-state index contributed by atoms with van der Waals surface area (Å²) in [6.07, 6.45) is -0.889. The van der Waals surface area contributed by atoms with Crippen LogP contribution in [0.5, 0.6) is 0 Å². The van der Waals surface area contributed by atoms with Crippen molar-refractivity contribution >= 4 is 11.9 Å². The number of ether oxygens (including phenoxy) is 2. The van der Waals surface area contributed by atoms with E-state index in [-0.39, 0.29) is 11.3 Å². The Labute approximate surface area is 137 Å². The Balaban J connectivity index is 2.23. The topological polar surface area (TPSA) is 55.8 Å². The zero-order valence-electron chi connectivity index (χ0n) is 14.3. The molecule has 1 unspecified atom stereocenters. The fourth-order valence-corrected chi connectivity index (χ4v) is 2.53. The van der Waals surface area contributed by atoms with Gasteiger partial charge < -0.3 is 14.4 Å². The van der Waals surface area contributed by atoms with Crippen molar-refractivity contribution in [2.45, 2.75) is 39.2 Å². The number of morpholine rings is 1. The van der Waals surface area contributed by atoms with Crippen molar-refractivity contribution in [3.05, 3.63) is 35.4 Å². The number of hydrogen-bond acceptors (Lipinski definition) is 4. The van der Waals surface area contributed by atoms with E-state index in [1.54, 1.807) is 4.90 Å². The SMILES string of the molecule is CC(=O)OC(C(=O)N1CCOCC1)c1ccc(C(C)(C)C)cc1. The van der Waals surface area contributed by atoms with Gasteiger partial charge in [-0.1, -0.05) is 45.0 Å². The van der Waals surface area contributed by atoms with Gasteiger partial charge in [0.05, 0.1) is 13.2 Å². The minimum absolute atomic E-state index is 0.0314. The van der Waals surface area contributed by atoms with Gasteiger partial charge in [0.1, 0.15) is 0 Å². The molecule has 1 aromatic rings. The first-order valence-electron chi connectivity index (χ1n) is 7.93. The fourth-order valence-electron chi connectivity index (χ4n) is 2.53. The molecule has 0 N–H and O–H groups in total. The summed E-state index contributed by atoms with van der Waals surface area (Å²) in [6, 6.07) is 7.70. The smallest absolute Gasteiger partial charge is 0.303 e. The molecule has 0 aromatic heterocycles. The van der Waals surface area contributed by atoms with E-state index in [9.17, 15) is 9.59 Å². The summed E-state index contributed by atoms with van der Waals surface area (Å²) in [4.78, 5) is 25.8. The first kappa shape index (κ1) is 17.5. The number of rotatable bonds is 3. The molecule has 5 heteroatoms. The highest BCUT2D eigenvalue weighted by atomic mass is 16.5. The second-order valence-corrected chi connectivity index (χ2v) is 6.80. The van der Waals surface area contributed by atoms with Gasteiger partial charge in [-0.3, -0.25) is 9.59 Å². The Bertz CT molecular complexity index is 553. The number of nitrogens with zero attached hydrogens (tertiary/aromatic N) is 1. The number of carbonyl (C=O) groups excluding carboxylic acids is 2.